The average molecular weight is 274 g/mol. The minimum absolute atomic E-state index is 0.281. The van der Waals surface area contributed by atoms with Crippen LogP contribution in [0.3, 0.4) is 0 Å². The van der Waals surface area contributed by atoms with Crippen LogP contribution in [0.5, 0.6) is 5.75 Å². The van der Waals surface area contributed by atoms with Crippen molar-refractivity contribution in [3.8, 4) is 5.75 Å². The normalized spacial score (nSPS) is 10.1. The molecule has 0 fully saturated rings. The zero-order valence-corrected chi connectivity index (χ0v) is 11.0. The van der Waals surface area contributed by atoms with Crippen molar-refractivity contribution in [1.82, 2.24) is 0 Å². The second-order valence-corrected chi connectivity index (χ2v) is 4.31. The Bertz CT molecular complexity index is 599. The highest BCUT2D eigenvalue weighted by molar-refractivity contribution is 5.90. The molecule has 0 atom stereocenters. The Kier molecular flexibility index (Phi) is 4.20. The molecule has 104 valence electrons. The van der Waals surface area contributed by atoms with E-state index in [4.69, 9.17) is 10.5 Å². The van der Waals surface area contributed by atoms with Gasteiger partial charge in [0.2, 0.25) is 0 Å². The molecule has 0 aliphatic heterocycles. The SMILES string of the molecule is CN(C(N)=O)c1ccc(OCc2cccc(F)c2)cc1. The van der Waals surface area contributed by atoms with E-state index in [9.17, 15) is 9.18 Å². The lowest BCUT2D eigenvalue weighted by Gasteiger charge is -2.14. The Morgan fingerprint density at radius 3 is 2.55 bits per heavy atom. The highest BCUT2D eigenvalue weighted by Crippen LogP contribution is 2.19. The number of ether oxygens (including phenoxy) is 1. The molecule has 0 aliphatic rings. The monoisotopic (exact) mass is 274 g/mol. The van der Waals surface area contributed by atoms with Gasteiger partial charge >= 0.3 is 6.03 Å². The van der Waals surface area contributed by atoms with Crippen molar-refractivity contribution in [2.45, 2.75) is 6.61 Å². The Labute approximate surface area is 116 Å². The van der Waals surface area contributed by atoms with E-state index in [0.717, 1.165) is 5.56 Å². The summed E-state index contributed by atoms with van der Waals surface area (Å²) in [5, 5.41) is 0. The van der Waals surface area contributed by atoms with Crippen LogP contribution in [0.15, 0.2) is 48.5 Å². The highest BCUT2D eigenvalue weighted by atomic mass is 19.1. The smallest absolute Gasteiger partial charge is 0.318 e. The molecule has 0 aromatic heterocycles. The molecule has 0 radical (unpaired) electrons. The number of hydrogen-bond donors (Lipinski definition) is 1. The minimum atomic E-state index is -0.529. The second kappa shape index (κ2) is 6.06. The molecule has 2 aromatic carbocycles. The Morgan fingerprint density at radius 1 is 1.25 bits per heavy atom. The Hall–Kier alpha value is -2.56. The van der Waals surface area contributed by atoms with Crippen LogP contribution in [-0.2, 0) is 6.61 Å². The maximum atomic E-state index is 13.0. The molecule has 0 saturated heterocycles. The number of halogens is 1. The van der Waals surface area contributed by atoms with Gasteiger partial charge in [-0.15, -0.1) is 0 Å². The predicted molar refractivity (Wildman–Crippen MR) is 75.2 cm³/mol. The summed E-state index contributed by atoms with van der Waals surface area (Å²) >= 11 is 0. The first-order valence-corrected chi connectivity index (χ1v) is 6.07. The third kappa shape index (κ3) is 3.47. The molecule has 0 heterocycles. The molecule has 2 aromatic rings. The average Bonchev–Trinajstić information content (AvgIpc) is 2.45. The first-order chi connectivity index (χ1) is 9.56. The van der Waals surface area contributed by atoms with Gasteiger partial charge in [0.05, 0.1) is 0 Å². The molecule has 5 heteroatoms. The van der Waals surface area contributed by atoms with Crippen LogP contribution in [0, 0.1) is 5.82 Å². The van der Waals surface area contributed by atoms with E-state index in [0.29, 0.717) is 11.4 Å². The maximum Gasteiger partial charge on any atom is 0.318 e. The second-order valence-electron chi connectivity index (χ2n) is 4.31. The van der Waals surface area contributed by atoms with Crippen LogP contribution in [-0.4, -0.2) is 13.1 Å². The summed E-state index contributed by atoms with van der Waals surface area (Å²) < 4.78 is 18.5. The summed E-state index contributed by atoms with van der Waals surface area (Å²) in [6.45, 7) is 0.281. The van der Waals surface area contributed by atoms with Crippen LogP contribution in [0.1, 0.15) is 5.56 Å². The number of amides is 2. The van der Waals surface area contributed by atoms with Gasteiger partial charge in [-0.05, 0) is 42.0 Å². The number of benzene rings is 2. The van der Waals surface area contributed by atoms with Gasteiger partial charge in [-0.3, -0.25) is 4.90 Å². The molecule has 0 bridgehead atoms. The highest BCUT2D eigenvalue weighted by Gasteiger charge is 2.06. The van der Waals surface area contributed by atoms with E-state index in [-0.39, 0.29) is 12.4 Å². The minimum Gasteiger partial charge on any atom is -0.489 e. The molecular formula is C15H15FN2O2. The lowest BCUT2D eigenvalue weighted by atomic mass is 10.2. The molecule has 0 saturated carbocycles. The van der Waals surface area contributed by atoms with Gasteiger partial charge in [-0.1, -0.05) is 12.1 Å². The zero-order chi connectivity index (χ0) is 14.5. The van der Waals surface area contributed by atoms with Crippen molar-refractivity contribution < 1.29 is 13.9 Å². The predicted octanol–water partition coefficient (Wildman–Crippen LogP) is 2.92. The first-order valence-electron chi connectivity index (χ1n) is 6.07. The van der Waals surface area contributed by atoms with Gasteiger partial charge in [-0.2, -0.15) is 0 Å². The Morgan fingerprint density at radius 2 is 1.95 bits per heavy atom. The van der Waals surface area contributed by atoms with Gasteiger partial charge in [-0.25, -0.2) is 9.18 Å². The number of nitrogens with zero attached hydrogens (tertiary/aromatic N) is 1. The van der Waals surface area contributed by atoms with Gasteiger partial charge in [0.25, 0.3) is 0 Å². The largest absolute Gasteiger partial charge is 0.489 e. The van der Waals surface area contributed by atoms with E-state index in [2.05, 4.69) is 0 Å². The fourth-order valence-corrected chi connectivity index (χ4v) is 1.69. The van der Waals surface area contributed by atoms with Gasteiger partial charge < -0.3 is 10.5 Å². The fourth-order valence-electron chi connectivity index (χ4n) is 1.69. The van der Waals surface area contributed by atoms with Crippen molar-refractivity contribution in [3.05, 3.63) is 59.9 Å². The zero-order valence-electron chi connectivity index (χ0n) is 11.0. The number of hydrogen-bond acceptors (Lipinski definition) is 2. The summed E-state index contributed by atoms with van der Waals surface area (Å²) in [4.78, 5) is 12.3. The van der Waals surface area contributed by atoms with E-state index in [1.54, 1.807) is 43.4 Å². The number of rotatable bonds is 4. The summed E-state index contributed by atoms with van der Waals surface area (Å²) in [6, 6.07) is 12.6. The van der Waals surface area contributed by atoms with Crippen LogP contribution in [0.25, 0.3) is 0 Å². The number of primary amides is 1. The molecule has 0 unspecified atom stereocenters. The Balaban J connectivity index is 1.99. The van der Waals surface area contributed by atoms with Crippen LogP contribution >= 0.6 is 0 Å². The van der Waals surface area contributed by atoms with E-state index in [1.165, 1.54) is 17.0 Å². The molecule has 2 rings (SSSR count). The van der Waals surface area contributed by atoms with Crippen molar-refractivity contribution in [2.24, 2.45) is 5.73 Å². The van der Waals surface area contributed by atoms with Crippen LogP contribution in [0.4, 0.5) is 14.9 Å². The van der Waals surface area contributed by atoms with E-state index in [1.807, 2.05) is 0 Å². The number of carbonyl (C=O) groups excluding carboxylic acids is 1. The summed E-state index contributed by atoms with van der Waals surface area (Å²) in [7, 11) is 1.59. The molecule has 2 N–H and O–H groups in total. The number of anilines is 1. The van der Waals surface area contributed by atoms with Crippen molar-refractivity contribution in [1.29, 1.82) is 0 Å². The molecule has 20 heavy (non-hydrogen) atoms. The van der Waals surface area contributed by atoms with Gasteiger partial charge in [0.1, 0.15) is 18.2 Å². The van der Waals surface area contributed by atoms with Crippen LogP contribution in [0.2, 0.25) is 0 Å². The third-order valence-electron chi connectivity index (χ3n) is 2.85. The van der Waals surface area contributed by atoms with Gasteiger partial charge in [0, 0.05) is 12.7 Å². The molecular weight excluding hydrogens is 259 g/mol. The number of nitrogens with two attached hydrogens (primary N) is 1. The maximum absolute atomic E-state index is 13.0. The van der Waals surface area contributed by atoms with Crippen LogP contribution < -0.4 is 15.4 Å². The standard InChI is InChI=1S/C15H15FN2O2/c1-18(15(17)19)13-5-7-14(8-6-13)20-10-11-3-2-4-12(16)9-11/h2-9H,10H2,1H3,(H2,17,19). The summed E-state index contributed by atoms with van der Waals surface area (Å²) in [5.74, 6) is 0.348. The number of urea groups is 1. The van der Waals surface area contributed by atoms with E-state index >= 15 is 0 Å². The lowest BCUT2D eigenvalue weighted by Crippen LogP contribution is -2.31. The number of carbonyl (C=O) groups is 1. The van der Waals surface area contributed by atoms with Gasteiger partial charge in [0.15, 0.2) is 0 Å². The summed E-state index contributed by atoms with van der Waals surface area (Å²) in [6.07, 6.45) is 0. The topological polar surface area (TPSA) is 55.6 Å². The first kappa shape index (κ1) is 13.9. The summed E-state index contributed by atoms with van der Waals surface area (Å²) in [5.41, 5.74) is 6.60. The molecule has 0 spiro atoms. The molecule has 4 nitrogen and oxygen atoms in total. The quantitative estimate of drug-likeness (QED) is 0.932. The molecule has 0 aliphatic carbocycles. The third-order valence-corrected chi connectivity index (χ3v) is 2.85. The van der Waals surface area contributed by atoms with Crippen molar-refractivity contribution in [2.75, 3.05) is 11.9 Å². The molecule has 2 amide bonds. The van der Waals surface area contributed by atoms with Crippen molar-refractivity contribution in [3.63, 3.8) is 0 Å². The van der Waals surface area contributed by atoms with Crippen molar-refractivity contribution >= 4 is 11.7 Å². The fraction of sp³-hybridized carbons (Fsp3) is 0.133. The van der Waals surface area contributed by atoms with E-state index < -0.39 is 6.03 Å². The lowest BCUT2D eigenvalue weighted by molar-refractivity contribution is 0.255.